The SMILES string of the molecule is C=CCCNC(=O)c1c(C)oc2ncnc(NC3(C)CC3)c12. The van der Waals surface area contributed by atoms with E-state index in [0.29, 0.717) is 34.8 Å². The van der Waals surface area contributed by atoms with Gasteiger partial charge in [-0.2, -0.15) is 0 Å². The van der Waals surface area contributed by atoms with Crippen LogP contribution in [0.2, 0.25) is 0 Å². The van der Waals surface area contributed by atoms with Gasteiger partial charge in [0.05, 0.1) is 10.9 Å². The Morgan fingerprint density at radius 2 is 2.27 bits per heavy atom. The standard InChI is InChI=1S/C16H20N4O2/c1-4-5-8-17-14(21)11-10(2)22-15-12(11)13(18-9-19-15)20-16(3)6-7-16/h4,9H,1,5-8H2,2-3H3,(H,17,21)(H,18,19,20). The maximum atomic E-state index is 12.5. The van der Waals surface area contributed by atoms with E-state index in [0.717, 1.165) is 19.3 Å². The Kier molecular flexibility index (Phi) is 3.60. The first-order chi connectivity index (χ1) is 10.5. The number of aromatic nitrogens is 2. The lowest BCUT2D eigenvalue weighted by Crippen LogP contribution is -2.25. The number of nitrogens with zero attached hydrogens (tertiary/aromatic N) is 2. The Bertz CT molecular complexity index is 731. The molecule has 2 N–H and O–H groups in total. The van der Waals surface area contributed by atoms with Gasteiger partial charge in [-0.3, -0.25) is 4.79 Å². The molecule has 0 saturated heterocycles. The van der Waals surface area contributed by atoms with Gasteiger partial charge in [-0.25, -0.2) is 9.97 Å². The van der Waals surface area contributed by atoms with E-state index < -0.39 is 0 Å². The highest BCUT2D eigenvalue weighted by atomic mass is 16.3. The van der Waals surface area contributed by atoms with Gasteiger partial charge >= 0.3 is 0 Å². The summed E-state index contributed by atoms with van der Waals surface area (Å²) in [5, 5.41) is 6.93. The molecule has 3 rings (SSSR count). The van der Waals surface area contributed by atoms with Crippen LogP contribution >= 0.6 is 0 Å². The van der Waals surface area contributed by atoms with Crippen molar-refractivity contribution in [3.05, 3.63) is 30.3 Å². The van der Waals surface area contributed by atoms with Crippen molar-refractivity contribution in [2.75, 3.05) is 11.9 Å². The maximum Gasteiger partial charge on any atom is 0.255 e. The molecule has 0 aliphatic heterocycles. The van der Waals surface area contributed by atoms with Crippen molar-refractivity contribution in [2.45, 2.75) is 38.6 Å². The number of carbonyl (C=O) groups excluding carboxylic acids is 1. The zero-order valence-electron chi connectivity index (χ0n) is 12.9. The summed E-state index contributed by atoms with van der Waals surface area (Å²) >= 11 is 0. The first-order valence-electron chi connectivity index (χ1n) is 7.45. The average Bonchev–Trinajstić information content (AvgIpc) is 3.08. The Balaban J connectivity index is 1.99. The molecule has 116 valence electrons. The van der Waals surface area contributed by atoms with Crippen molar-refractivity contribution in [1.29, 1.82) is 0 Å². The van der Waals surface area contributed by atoms with E-state index in [4.69, 9.17) is 4.42 Å². The average molecular weight is 300 g/mol. The Morgan fingerprint density at radius 3 is 2.95 bits per heavy atom. The van der Waals surface area contributed by atoms with Gasteiger partial charge in [0.2, 0.25) is 5.71 Å². The van der Waals surface area contributed by atoms with E-state index in [2.05, 4.69) is 34.1 Å². The van der Waals surface area contributed by atoms with Gasteiger partial charge < -0.3 is 15.1 Å². The molecule has 2 aromatic heterocycles. The molecule has 0 radical (unpaired) electrons. The predicted molar refractivity (Wildman–Crippen MR) is 84.9 cm³/mol. The van der Waals surface area contributed by atoms with E-state index in [9.17, 15) is 4.79 Å². The van der Waals surface area contributed by atoms with Crippen LogP contribution in [0.25, 0.3) is 11.1 Å². The number of carbonyl (C=O) groups is 1. The highest BCUT2D eigenvalue weighted by molar-refractivity contribution is 6.10. The molecule has 0 bridgehead atoms. The smallest absolute Gasteiger partial charge is 0.255 e. The van der Waals surface area contributed by atoms with Crippen molar-refractivity contribution in [3.63, 3.8) is 0 Å². The van der Waals surface area contributed by atoms with Gasteiger partial charge in [-0.1, -0.05) is 6.08 Å². The number of fused-ring (bicyclic) bond motifs is 1. The van der Waals surface area contributed by atoms with Crippen molar-refractivity contribution < 1.29 is 9.21 Å². The summed E-state index contributed by atoms with van der Waals surface area (Å²) in [6, 6.07) is 0. The van der Waals surface area contributed by atoms with Crippen LogP contribution in [0.5, 0.6) is 0 Å². The monoisotopic (exact) mass is 300 g/mol. The predicted octanol–water partition coefficient (Wildman–Crippen LogP) is 2.80. The molecule has 2 heterocycles. The molecule has 2 aromatic rings. The molecular formula is C16H20N4O2. The minimum Gasteiger partial charge on any atom is -0.442 e. The minimum atomic E-state index is -0.170. The third-order valence-electron chi connectivity index (χ3n) is 3.95. The van der Waals surface area contributed by atoms with Crippen molar-refractivity contribution in [1.82, 2.24) is 15.3 Å². The van der Waals surface area contributed by atoms with Crippen LogP contribution in [0.1, 0.15) is 42.3 Å². The van der Waals surface area contributed by atoms with Gasteiger partial charge in [0.15, 0.2) is 0 Å². The molecule has 22 heavy (non-hydrogen) atoms. The lowest BCUT2D eigenvalue weighted by atomic mass is 10.1. The third-order valence-corrected chi connectivity index (χ3v) is 3.95. The summed E-state index contributed by atoms with van der Waals surface area (Å²) in [7, 11) is 0. The fourth-order valence-electron chi connectivity index (χ4n) is 2.39. The number of rotatable bonds is 6. The summed E-state index contributed by atoms with van der Waals surface area (Å²) in [5.74, 6) is 1.04. The number of furan rings is 1. The number of anilines is 1. The minimum absolute atomic E-state index is 0.0586. The van der Waals surface area contributed by atoms with Gasteiger partial charge in [-0.15, -0.1) is 6.58 Å². The summed E-state index contributed by atoms with van der Waals surface area (Å²) < 4.78 is 5.63. The summed E-state index contributed by atoms with van der Waals surface area (Å²) in [6.45, 7) is 8.10. The highest BCUT2D eigenvalue weighted by Gasteiger charge is 2.38. The molecule has 1 saturated carbocycles. The lowest BCUT2D eigenvalue weighted by Gasteiger charge is -2.13. The molecule has 0 atom stereocenters. The summed E-state index contributed by atoms with van der Waals surface area (Å²) in [6.07, 6.45) is 6.13. The lowest BCUT2D eigenvalue weighted by molar-refractivity contribution is 0.0954. The number of amides is 1. The van der Waals surface area contributed by atoms with Crippen molar-refractivity contribution in [3.8, 4) is 0 Å². The first kappa shape index (κ1) is 14.6. The molecule has 0 spiro atoms. The normalized spacial score (nSPS) is 15.5. The first-order valence-corrected chi connectivity index (χ1v) is 7.45. The second-order valence-corrected chi connectivity index (χ2v) is 5.95. The Labute approximate surface area is 129 Å². The molecule has 0 aromatic carbocycles. The zero-order valence-corrected chi connectivity index (χ0v) is 12.9. The van der Waals surface area contributed by atoms with E-state index in [1.807, 2.05) is 0 Å². The number of aryl methyl sites for hydroxylation is 1. The molecule has 6 nitrogen and oxygen atoms in total. The molecule has 1 fully saturated rings. The van der Waals surface area contributed by atoms with Crippen LogP contribution in [-0.4, -0.2) is 28.0 Å². The largest absolute Gasteiger partial charge is 0.442 e. The molecule has 1 aliphatic rings. The van der Waals surface area contributed by atoms with Crippen LogP contribution in [0.3, 0.4) is 0 Å². The van der Waals surface area contributed by atoms with Crippen LogP contribution < -0.4 is 10.6 Å². The van der Waals surface area contributed by atoms with Crippen LogP contribution in [0.4, 0.5) is 5.82 Å². The Morgan fingerprint density at radius 1 is 1.50 bits per heavy atom. The summed E-state index contributed by atoms with van der Waals surface area (Å²) in [4.78, 5) is 20.9. The van der Waals surface area contributed by atoms with E-state index in [1.54, 1.807) is 13.0 Å². The highest BCUT2D eigenvalue weighted by Crippen LogP contribution is 2.40. The molecule has 1 amide bonds. The maximum absolute atomic E-state index is 12.5. The van der Waals surface area contributed by atoms with Crippen LogP contribution in [0, 0.1) is 6.92 Å². The third kappa shape index (κ3) is 2.68. The van der Waals surface area contributed by atoms with Crippen molar-refractivity contribution in [2.24, 2.45) is 0 Å². The topological polar surface area (TPSA) is 80.1 Å². The number of hydrogen-bond donors (Lipinski definition) is 2. The quantitative estimate of drug-likeness (QED) is 0.633. The van der Waals surface area contributed by atoms with E-state index in [1.165, 1.54) is 6.33 Å². The van der Waals surface area contributed by atoms with Gasteiger partial charge in [0.1, 0.15) is 17.9 Å². The molecule has 0 unspecified atom stereocenters. The van der Waals surface area contributed by atoms with E-state index >= 15 is 0 Å². The van der Waals surface area contributed by atoms with E-state index in [-0.39, 0.29) is 11.4 Å². The fourth-order valence-corrected chi connectivity index (χ4v) is 2.39. The van der Waals surface area contributed by atoms with Crippen LogP contribution in [-0.2, 0) is 0 Å². The van der Waals surface area contributed by atoms with Gasteiger partial charge in [-0.05, 0) is 33.1 Å². The van der Waals surface area contributed by atoms with Crippen molar-refractivity contribution >= 4 is 22.8 Å². The van der Waals surface area contributed by atoms with Gasteiger partial charge in [0.25, 0.3) is 5.91 Å². The second kappa shape index (κ2) is 5.44. The molecule has 6 heteroatoms. The fraction of sp³-hybridized carbons (Fsp3) is 0.438. The number of nitrogens with one attached hydrogen (secondary N) is 2. The zero-order chi connectivity index (χ0) is 15.7. The number of hydrogen-bond acceptors (Lipinski definition) is 5. The molecule has 1 aliphatic carbocycles. The van der Waals surface area contributed by atoms with Crippen LogP contribution in [0.15, 0.2) is 23.4 Å². The van der Waals surface area contributed by atoms with Gasteiger partial charge in [0, 0.05) is 12.1 Å². The summed E-state index contributed by atoms with van der Waals surface area (Å²) in [5.41, 5.74) is 1.00. The molecular weight excluding hydrogens is 280 g/mol. The Hall–Kier alpha value is -2.37. The second-order valence-electron chi connectivity index (χ2n) is 5.95.